The molecule has 0 atom stereocenters. The minimum atomic E-state index is -3.95. The Kier molecular flexibility index (Phi) is 3.37. The Hall–Kier alpha value is -1.45. The van der Waals surface area contributed by atoms with E-state index in [0.29, 0.717) is 12.8 Å². The first-order valence-electron chi connectivity index (χ1n) is 5.77. The van der Waals surface area contributed by atoms with Crippen LogP contribution in [0.1, 0.15) is 19.8 Å². The van der Waals surface area contributed by atoms with Gasteiger partial charge in [0.15, 0.2) is 4.90 Å². The Morgan fingerprint density at radius 1 is 1.32 bits per heavy atom. The molecule has 0 saturated carbocycles. The normalized spacial score (nSPS) is 20.3. The van der Waals surface area contributed by atoms with Crippen molar-refractivity contribution in [3.8, 4) is 0 Å². The molecule has 8 nitrogen and oxygen atoms in total. The number of nitrogens with zero attached hydrogens (tertiary/aromatic N) is 1. The minimum absolute atomic E-state index is 0.133. The van der Waals surface area contributed by atoms with Crippen LogP contribution in [-0.4, -0.2) is 46.5 Å². The molecule has 2 heterocycles. The minimum Gasteiger partial charge on any atom is -0.390 e. The van der Waals surface area contributed by atoms with Crippen molar-refractivity contribution in [1.82, 2.24) is 14.3 Å². The summed E-state index contributed by atoms with van der Waals surface area (Å²) in [5.74, 6) is 0. The summed E-state index contributed by atoms with van der Waals surface area (Å²) in [6.07, 6.45) is 1.49. The van der Waals surface area contributed by atoms with Crippen LogP contribution < -0.4 is 11.2 Å². The molecule has 1 aliphatic heterocycles. The van der Waals surface area contributed by atoms with E-state index in [-0.39, 0.29) is 13.1 Å². The van der Waals surface area contributed by atoms with Gasteiger partial charge in [-0.2, -0.15) is 4.31 Å². The first kappa shape index (κ1) is 14.0. The van der Waals surface area contributed by atoms with Crippen molar-refractivity contribution in [2.75, 3.05) is 13.1 Å². The first-order chi connectivity index (χ1) is 8.72. The number of aromatic amines is 2. The zero-order chi connectivity index (χ0) is 14.3. The van der Waals surface area contributed by atoms with Gasteiger partial charge in [0.05, 0.1) is 5.60 Å². The lowest BCUT2D eigenvalue weighted by molar-refractivity contribution is 0.0126. The van der Waals surface area contributed by atoms with E-state index >= 15 is 0 Å². The number of rotatable bonds is 2. The van der Waals surface area contributed by atoms with Crippen LogP contribution in [0.2, 0.25) is 0 Å². The summed E-state index contributed by atoms with van der Waals surface area (Å²) in [6.45, 7) is 1.91. The van der Waals surface area contributed by atoms with Crippen LogP contribution >= 0.6 is 0 Å². The molecular formula is C10H15N3O5S. The fourth-order valence-electron chi connectivity index (χ4n) is 1.94. The maximum Gasteiger partial charge on any atom is 0.325 e. The van der Waals surface area contributed by atoms with Gasteiger partial charge in [-0.05, 0) is 19.8 Å². The van der Waals surface area contributed by atoms with Gasteiger partial charge in [-0.15, -0.1) is 0 Å². The van der Waals surface area contributed by atoms with Crippen molar-refractivity contribution in [2.24, 2.45) is 0 Å². The molecule has 1 aromatic heterocycles. The molecule has 2 rings (SSSR count). The summed E-state index contributed by atoms with van der Waals surface area (Å²) >= 11 is 0. The number of H-pyrrole nitrogens is 2. The molecule has 106 valence electrons. The monoisotopic (exact) mass is 289 g/mol. The van der Waals surface area contributed by atoms with Crippen molar-refractivity contribution >= 4 is 10.0 Å². The summed E-state index contributed by atoms with van der Waals surface area (Å²) in [5.41, 5.74) is -2.59. The summed E-state index contributed by atoms with van der Waals surface area (Å²) in [5, 5.41) is 9.78. The number of aliphatic hydroxyl groups is 1. The molecular weight excluding hydrogens is 274 g/mol. The van der Waals surface area contributed by atoms with Gasteiger partial charge in [-0.25, -0.2) is 13.2 Å². The molecule has 0 amide bonds. The number of piperidine rings is 1. The smallest absolute Gasteiger partial charge is 0.325 e. The van der Waals surface area contributed by atoms with E-state index in [1.165, 1.54) is 0 Å². The topological polar surface area (TPSA) is 123 Å². The lowest BCUT2D eigenvalue weighted by atomic mass is 9.95. The molecule has 19 heavy (non-hydrogen) atoms. The summed E-state index contributed by atoms with van der Waals surface area (Å²) in [7, 11) is -3.95. The fraction of sp³-hybridized carbons (Fsp3) is 0.600. The van der Waals surface area contributed by atoms with Crippen molar-refractivity contribution in [3.63, 3.8) is 0 Å². The highest BCUT2D eigenvalue weighted by Gasteiger charge is 2.35. The van der Waals surface area contributed by atoms with Crippen molar-refractivity contribution in [1.29, 1.82) is 0 Å². The summed E-state index contributed by atoms with van der Waals surface area (Å²) in [6, 6.07) is 0. The maximum absolute atomic E-state index is 12.2. The van der Waals surface area contributed by atoms with Crippen molar-refractivity contribution < 1.29 is 13.5 Å². The predicted molar refractivity (Wildman–Crippen MR) is 66.3 cm³/mol. The van der Waals surface area contributed by atoms with Gasteiger partial charge in [-0.3, -0.25) is 9.78 Å². The zero-order valence-electron chi connectivity index (χ0n) is 10.3. The fourth-order valence-corrected chi connectivity index (χ4v) is 3.37. The van der Waals surface area contributed by atoms with Crippen molar-refractivity contribution in [3.05, 3.63) is 27.0 Å². The number of hydrogen-bond acceptors (Lipinski definition) is 5. The van der Waals surface area contributed by atoms with Crippen LogP contribution in [0.5, 0.6) is 0 Å². The van der Waals surface area contributed by atoms with E-state index in [1.54, 1.807) is 6.92 Å². The average molecular weight is 289 g/mol. The third kappa shape index (κ3) is 2.77. The van der Waals surface area contributed by atoms with Gasteiger partial charge in [-0.1, -0.05) is 0 Å². The Labute approximate surface area is 109 Å². The van der Waals surface area contributed by atoms with E-state index in [1.807, 2.05) is 4.98 Å². The number of sulfonamides is 1. The first-order valence-corrected chi connectivity index (χ1v) is 7.21. The molecule has 3 N–H and O–H groups in total. The molecule has 0 radical (unpaired) electrons. The van der Waals surface area contributed by atoms with E-state index in [2.05, 4.69) is 4.98 Å². The lowest BCUT2D eigenvalue weighted by Crippen LogP contribution is -2.46. The van der Waals surface area contributed by atoms with Crippen LogP contribution in [0, 0.1) is 0 Å². The third-order valence-corrected chi connectivity index (χ3v) is 5.11. The highest BCUT2D eigenvalue weighted by atomic mass is 32.2. The molecule has 0 unspecified atom stereocenters. The molecule has 0 aromatic carbocycles. The Morgan fingerprint density at radius 3 is 2.42 bits per heavy atom. The van der Waals surface area contributed by atoms with Gasteiger partial charge < -0.3 is 10.1 Å². The number of hydrogen-bond donors (Lipinski definition) is 3. The zero-order valence-corrected chi connectivity index (χ0v) is 11.2. The summed E-state index contributed by atoms with van der Waals surface area (Å²) in [4.78, 5) is 25.9. The largest absolute Gasteiger partial charge is 0.390 e. The van der Waals surface area contributed by atoms with Gasteiger partial charge in [0.2, 0.25) is 10.0 Å². The number of nitrogens with one attached hydrogen (secondary N) is 2. The average Bonchev–Trinajstić information content (AvgIpc) is 2.27. The van der Waals surface area contributed by atoms with Gasteiger partial charge >= 0.3 is 5.69 Å². The molecule has 0 spiro atoms. The SMILES string of the molecule is CC1(O)CCN(S(=O)(=O)c2c[nH]c(=O)[nH]c2=O)CC1. The van der Waals surface area contributed by atoms with Crippen LogP contribution in [0.15, 0.2) is 20.7 Å². The Morgan fingerprint density at radius 2 is 1.89 bits per heavy atom. The highest BCUT2D eigenvalue weighted by molar-refractivity contribution is 7.89. The molecule has 1 fully saturated rings. The van der Waals surface area contributed by atoms with Crippen molar-refractivity contribution in [2.45, 2.75) is 30.3 Å². The van der Waals surface area contributed by atoms with Crippen LogP contribution in [0.3, 0.4) is 0 Å². The molecule has 1 aliphatic rings. The second-order valence-electron chi connectivity index (χ2n) is 4.84. The van der Waals surface area contributed by atoms with E-state index in [4.69, 9.17) is 0 Å². The number of aromatic nitrogens is 2. The summed E-state index contributed by atoms with van der Waals surface area (Å²) < 4.78 is 25.6. The van der Waals surface area contributed by atoms with E-state index in [9.17, 15) is 23.1 Å². The molecule has 1 saturated heterocycles. The van der Waals surface area contributed by atoms with Crippen LogP contribution in [-0.2, 0) is 10.0 Å². The van der Waals surface area contributed by atoms with Gasteiger partial charge in [0.25, 0.3) is 5.56 Å². The van der Waals surface area contributed by atoms with Gasteiger partial charge in [0, 0.05) is 19.3 Å². The molecule has 0 bridgehead atoms. The second kappa shape index (κ2) is 4.58. The highest BCUT2D eigenvalue weighted by Crippen LogP contribution is 2.24. The molecule has 9 heteroatoms. The predicted octanol–water partition coefficient (Wildman–Crippen LogP) is -1.40. The van der Waals surface area contributed by atoms with E-state index < -0.39 is 31.8 Å². The molecule has 1 aromatic rings. The maximum atomic E-state index is 12.2. The van der Waals surface area contributed by atoms with Crippen LogP contribution in [0.25, 0.3) is 0 Å². The Bertz CT molecular complexity index is 678. The molecule has 0 aliphatic carbocycles. The Balaban J connectivity index is 2.34. The van der Waals surface area contributed by atoms with Gasteiger partial charge in [0.1, 0.15) is 0 Å². The van der Waals surface area contributed by atoms with Crippen LogP contribution in [0.4, 0.5) is 0 Å². The standard InChI is InChI=1S/C10H15N3O5S/c1-10(16)2-4-13(5-3-10)19(17,18)7-6-11-9(15)12-8(7)14/h6,16H,2-5H2,1H3,(H2,11,12,14,15). The lowest BCUT2D eigenvalue weighted by Gasteiger charge is -2.34. The quantitative estimate of drug-likeness (QED) is 0.617. The van der Waals surface area contributed by atoms with E-state index in [0.717, 1.165) is 10.5 Å². The third-order valence-electron chi connectivity index (χ3n) is 3.20. The second-order valence-corrected chi connectivity index (χ2v) is 6.74.